The quantitative estimate of drug-likeness (QED) is 0.169. The van der Waals surface area contributed by atoms with Crippen LogP contribution in [-0.2, 0) is 25.7 Å². The van der Waals surface area contributed by atoms with E-state index in [9.17, 15) is 24.0 Å². The summed E-state index contributed by atoms with van der Waals surface area (Å²) in [6, 6.07) is 10.1. The van der Waals surface area contributed by atoms with Crippen molar-refractivity contribution in [3.63, 3.8) is 0 Å². The summed E-state index contributed by atoms with van der Waals surface area (Å²) in [4.78, 5) is 79.9. The van der Waals surface area contributed by atoms with Crippen molar-refractivity contribution in [2.75, 3.05) is 61.5 Å². The van der Waals surface area contributed by atoms with Gasteiger partial charge in [-0.3, -0.25) is 34.2 Å². The highest BCUT2D eigenvalue weighted by molar-refractivity contribution is 6.33. The standard InChI is InChI=1S/C46H54ClFN10O7/c1-25(2)58-35-7-5-28(17-27(35)18-38(45(58)63)64-24-40(60)49-4)51-42-34(47)21-50-46(53-42)54-13-11-30(12-14-54)65-31-19-29(20-31)55-15-16-56(26(3)22-55)36-8-6-32-33(41(36)48)23-57(44(32)62)37-9-10-39(59)52-43(37)61/h5-8,17-18,21,25-26,29-31,37H,9-16,19-20,22-24H2,1-4H3,(H,49,60)(H,50,51,53)(H,52,59,61)/t26-,29-,31-,37-/m1/s1. The molecule has 0 radical (unpaired) electrons. The second-order valence-electron chi connectivity index (χ2n) is 17.9. The molecule has 3 N–H and O–H groups in total. The number of rotatable bonds is 12. The molecule has 0 spiro atoms. The lowest BCUT2D eigenvalue weighted by Crippen LogP contribution is -2.59. The number of hydrogen-bond donors (Lipinski definition) is 3. The van der Waals surface area contributed by atoms with Crippen LogP contribution in [0.15, 0.2) is 47.4 Å². The number of aromatic nitrogens is 3. The molecular weight excluding hydrogens is 859 g/mol. The monoisotopic (exact) mass is 912 g/mol. The molecule has 1 aliphatic carbocycles. The number of halogens is 2. The number of nitrogens with zero attached hydrogens (tertiary/aromatic N) is 7. The van der Waals surface area contributed by atoms with Gasteiger partial charge in [-0.1, -0.05) is 11.6 Å². The zero-order chi connectivity index (χ0) is 45.7. The van der Waals surface area contributed by atoms with Gasteiger partial charge in [-0.25, -0.2) is 9.37 Å². The van der Waals surface area contributed by atoms with E-state index in [4.69, 9.17) is 26.1 Å². The average molecular weight is 913 g/mol. The molecule has 3 saturated heterocycles. The van der Waals surface area contributed by atoms with Gasteiger partial charge in [0.2, 0.25) is 17.8 Å². The Kier molecular flexibility index (Phi) is 12.4. The second-order valence-corrected chi connectivity index (χ2v) is 18.3. The third-order valence-corrected chi connectivity index (χ3v) is 13.7. The normalized spacial score (nSPS) is 22.9. The Balaban J connectivity index is 0.756. The number of ether oxygens (including phenoxy) is 2. The topological polar surface area (TPSA) is 184 Å². The fraction of sp³-hybridized carbons (Fsp3) is 0.500. The molecule has 344 valence electrons. The summed E-state index contributed by atoms with van der Waals surface area (Å²) >= 11 is 6.60. The van der Waals surface area contributed by atoms with Crippen LogP contribution in [-0.4, -0.2) is 125 Å². The summed E-state index contributed by atoms with van der Waals surface area (Å²) in [5.74, 6) is -0.913. The SMILES string of the molecule is CNC(=O)COc1cc2cc(Nc3nc(N4CCC(O[C@H]5C[C@H](N6CCN(c7ccc8c(c7F)CN([C@@H]7CCC(=O)NC7=O)C8=O)[C@H](C)C6)C5)CC4)ncc3Cl)ccc2n(C(C)C)c1=O. The molecule has 2 aromatic heterocycles. The number of likely N-dealkylation sites (N-methyl/N-ethyl adjacent to an activating group) is 1. The number of fused-ring (bicyclic) bond motifs is 2. The van der Waals surface area contributed by atoms with Crippen molar-refractivity contribution in [1.82, 2.24) is 35.0 Å². The summed E-state index contributed by atoms with van der Waals surface area (Å²) in [6.45, 7) is 9.33. The highest BCUT2D eigenvalue weighted by Crippen LogP contribution is 2.38. The number of nitrogens with one attached hydrogen (secondary N) is 3. The number of carbonyl (C=O) groups is 4. The Morgan fingerprint density at radius 2 is 1.78 bits per heavy atom. The molecule has 9 rings (SSSR count). The molecule has 4 amide bonds. The highest BCUT2D eigenvalue weighted by atomic mass is 35.5. The van der Waals surface area contributed by atoms with Crippen molar-refractivity contribution < 1.29 is 33.0 Å². The van der Waals surface area contributed by atoms with Crippen LogP contribution in [0.5, 0.6) is 5.75 Å². The van der Waals surface area contributed by atoms with Gasteiger partial charge in [0, 0.05) is 86.5 Å². The molecular formula is C46H54ClFN10O7. The van der Waals surface area contributed by atoms with Gasteiger partial charge < -0.3 is 39.4 Å². The predicted octanol–water partition coefficient (Wildman–Crippen LogP) is 4.52. The van der Waals surface area contributed by atoms with Crippen LogP contribution in [0.1, 0.15) is 81.3 Å². The predicted molar refractivity (Wildman–Crippen MR) is 242 cm³/mol. The van der Waals surface area contributed by atoms with Gasteiger partial charge in [-0.05, 0) is 89.3 Å². The Labute approximate surface area is 380 Å². The fourth-order valence-corrected chi connectivity index (χ4v) is 10.0. The van der Waals surface area contributed by atoms with E-state index in [1.165, 1.54) is 11.9 Å². The second kappa shape index (κ2) is 18.2. The van der Waals surface area contributed by atoms with Crippen molar-refractivity contribution in [1.29, 1.82) is 0 Å². The summed E-state index contributed by atoms with van der Waals surface area (Å²) in [5.41, 5.74) is 2.16. The first-order chi connectivity index (χ1) is 31.3. The van der Waals surface area contributed by atoms with Gasteiger partial charge in [0.1, 0.15) is 11.1 Å². The average Bonchev–Trinajstić information content (AvgIpc) is 3.61. The third-order valence-electron chi connectivity index (χ3n) is 13.4. The van der Waals surface area contributed by atoms with Gasteiger partial charge in [0.05, 0.1) is 36.2 Å². The van der Waals surface area contributed by atoms with Crippen LogP contribution >= 0.6 is 11.6 Å². The molecule has 1 saturated carbocycles. The Bertz CT molecular complexity index is 2600. The van der Waals surface area contributed by atoms with Crippen LogP contribution in [0.3, 0.4) is 0 Å². The van der Waals surface area contributed by atoms with Crippen molar-refractivity contribution in [2.24, 2.45) is 0 Å². The van der Waals surface area contributed by atoms with Gasteiger partial charge in [-0.2, -0.15) is 4.98 Å². The molecule has 17 nitrogen and oxygen atoms in total. The van der Waals surface area contributed by atoms with Crippen LogP contribution in [0.4, 0.5) is 27.5 Å². The van der Waals surface area contributed by atoms with Crippen LogP contribution in [0, 0.1) is 5.82 Å². The molecule has 2 aromatic carbocycles. The number of amides is 4. The summed E-state index contributed by atoms with van der Waals surface area (Å²) in [6.07, 6.45) is 5.85. The van der Waals surface area contributed by atoms with Gasteiger partial charge in [0.25, 0.3) is 17.4 Å². The van der Waals surface area contributed by atoms with Gasteiger partial charge in [-0.15, -0.1) is 0 Å². The van der Waals surface area contributed by atoms with E-state index in [2.05, 4.69) is 42.6 Å². The fourth-order valence-electron chi connectivity index (χ4n) is 9.86. The smallest absolute Gasteiger partial charge is 0.293 e. The number of carbonyl (C=O) groups excluding carboxylic acids is 4. The van der Waals surface area contributed by atoms with Gasteiger partial charge >= 0.3 is 0 Å². The maximum Gasteiger partial charge on any atom is 0.293 e. The minimum Gasteiger partial charge on any atom is -0.478 e. The summed E-state index contributed by atoms with van der Waals surface area (Å²) < 4.78 is 30.0. The molecule has 2 atom stereocenters. The number of anilines is 4. The van der Waals surface area contributed by atoms with E-state index >= 15 is 4.39 Å². The van der Waals surface area contributed by atoms with Crippen molar-refractivity contribution in [3.8, 4) is 5.75 Å². The number of imide groups is 1. The molecule has 0 bridgehead atoms. The maximum atomic E-state index is 16.1. The van der Waals surface area contributed by atoms with Crippen molar-refractivity contribution in [2.45, 2.75) is 102 Å². The minimum absolute atomic E-state index is 0.00571. The Hall–Kier alpha value is -5.85. The first-order valence-corrected chi connectivity index (χ1v) is 22.8. The maximum absolute atomic E-state index is 16.1. The summed E-state index contributed by atoms with van der Waals surface area (Å²) in [7, 11) is 1.51. The highest BCUT2D eigenvalue weighted by Gasteiger charge is 2.43. The first kappa shape index (κ1) is 44.4. The lowest BCUT2D eigenvalue weighted by atomic mass is 9.86. The van der Waals surface area contributed by atoms with E-state index in [1.54, 1.807) is 29.0 Å². The minimum atomic E-state index is -0.788. The lowest BCUT2D eigenvalue weighted by Gasteiger charge is -2.49. The molecule has 0 unspecified atom stereocenters. The van der Waals surface area contributed by atoms with Crippen LogP contribution in [0.2, 0.25) is 5.02 Å². The number of piperazine rings is 1. The summed E-state index contributed by atoms with van der Waals surface area (Å²) in [5, 5.41) is 9.22. The van der Waals surface area contributed by atoms with E-state index in [-0.39, 0.29) is 84.9 Å². The van der Waals surface area contributed by atoms with E-state index < -0.39 is 17.8 Å². The Morgan fingerprint density at radius 3 is 2.51 bits per heavy atom. The van der Waals surface area contributed by atoms with Crippen LogP contribution in [0.25, 0.3) is 10.9 Å². The van der Waals surface area contributed by atoms with Gasteiger partial charge in [0.15, 0.2) is 24.0 Å². The number of benzene rings is 2. The molecule has 6 heterocycles. The zero-order valence-corrected chi connectivity index (χ0v) is 37.7. The van der Waals surface area contributed by atoms with Crippen molar-refractivity contribution >= 4 is 69.3 Å². The van der Waals surface area contributed by atoms with Crippen molar-refractivity contribution in [3.05, 3.63) is 74.9 Å². The number of piperidine rings is 2. The molecule has 65 heavy (non-hydrogen) atoms. The number of hydrogen-bond acceptors (Lipinski definition) is 13. The molecule has 4 aliphatic heterocycles. The third kappa shape index (κ3) is 8.82. The molecule has 5 aliphatic rings. The molecule has 4 aromatic rings. The molecule has 4 fully saturated rings. The first-order valence-electron chi connectivity index (χ1n) is 22.5. The number of pyridine rings is 1. The van der Waals surface area contributed by atoms with E-state index in [1.807, 2.05) is 32.0 Å². The van der Waals surface area contributed by atoms with E-state index in [0.29, 0.717) is 46.3 Å². The van der Waals surface area contributed by atoms with Crippen LogP contribution < -0.4 is 36.0 Å². The Morgan fingerprint density at radius 1 is 1.00 bits per heavy atom. The van der Waals surface area contributed by atoms with E-state index in [0.717, 1.165) is 62.8 Å². The largest absolute Gasteiger partial charge is 0.478 e. The zero-order valence-electron chi connectivity index (χ0n) is 36.9. The lowest BCUT2D eigenvalue weighted by molar-refractivity contribution is -0.137. The molecule has 19 heteroatoms.